The van der Waals surface area contributed by atoms with E-state index < -0.39 is 8.56 Å². The van der Waals surface area contributed by atoms with Crippen LogP contribution in [0.1, 0.15) is 118 Å². The normalized spacial score (nSPS) is 15.4. The molecular weight excluding hydrogens is 428 g/mol. The summed E-state index contributed by atoms with van der Waals surface area (Å²) >= 11 is 4.87. The van der Waals surface area contributed by atoms with Crippen LogP contribution in [0.15, 0.2) is 18.2 Å². The molecule has 0 saturated heterocycles. The number of thiol groups is 1. The lowest BCUT2D eigenvalue weighted by Gasteiger charge is -2.35. The predicted molar refractivity (Wildman–Crippen MR) is 148 cm³/mol. The van der Waals surface area contributed by atoms with Gasteiger partial charge in [-0.2, -0.15) is 12.6 Å². The van der Waals surface area contributed by atoms with Crippen LogP contribution in [-0.2, 0) is 15.3 Å². The van der Waals surface area contributed by atoms with Crippen molar-refractivity contribution in [2.75, 3.05) is 6.61 Å². The Morgan fingerprint density at radius 2 is 1.50 bits per heavy atom. The molecule has 0 aromatic heterocycles. The smallest absolute Gasteiger partial charge is 0.398 e. The maximum absolute atomic E-state index is 7.09. The van der Waals surface area contributed by atoms with E-state index in [-0.39, 0.29) is 10.8 Å². The molecule has 0 bridgehead atoms. The molecule has 0 aliphatic rings. The molecule has 1 aromatic carbocycles. The standard InChI is InChI=1S/C28H52O2SSi/c1-10-13-19-29-32(20-14-11-2,21-18-24(31)15-12-3)30-26-17-16-23(27(4,5)6)22-25(26)28(7,8)9/h16-17,22,24,31H,10-15,18-21H2,1-9H3. The van der Waals surface area contributed by atoms with Crippen molar-refractivity contribution in [3.05, 3.63) is 29.3 Å². The van der Waals surface area contributed by atoms with Crippen LogP contribution in [0.3, 0.4) is 0 Å². The van der Waals surface area contributed by atoms with Crippen LogP contribution in [0.5, 0.6) is 5.75 Å². The molecule has 0 heterocycles. The van der Waals surface area contributed by atoms with E-state index in [1.165, 1.54) is 24.0 Å². The Balaban J connectivity index is 3.38. The molecule has 0 aliphatic heterocycles. The van der Waals surface area contributed by atoms with Crippen LogP contribution in [0.4, 0.5) is 0 Å². The second kappa shape index (κ2) is 13.4. The number of unbranched alkanes of at least 4 members (excludes halogenated alkanes) is 2. The van der Waals surface area contributed by atoms with Crippen molar-refractivity contribution in [3.8, 4) is 5.75 Å². The van der Waals surface area contributed by atoms with Gasteiger partial charge < -0.3 is 8.85 Å². The summed E-state index contributed by atoms with van der Waals surface area (Å²) in [6.07, 6.45) is 7.98. The van der Waals surface area contributed by atoms with E-state index in [1.807, 2.05) is 0 Å². The molecule has 2 unspecified atom stereocenters. The third kappa shape index (κ3) is 9.81. The lowest BCUT2D eigenvalue weighted by atomic mass is 9.80. The van der Waals surface area contributed by atoms with Gasteiger partial charge in [-0.3, -0.25) is 0 Å². The summed E-state index contributed by atoms with van der Waals surface area (Å²) < 4.78 is 13.8. The molecule has 0 amide bonds. The zero-order chi connectivity index (χ0) is 24.4. The first-order valence-electron chi connectivity index (χ1n) is 13.0. The van der Waals surface area contributed by atoms with E-state index >= 15 is 0 Å². The Labute approximate surface area is 206 Å². The monoisotopic (exact) mass is 480 g/mol. The minimum atomic E-state index is -2.41. The van der Waals surface area contributed by atoms with E-state index in [4.69, 9.17) is 21.5 Å². The first-order valence-corrected chi connectivity index (χ1v) is 15.8. The van der Waals surface area contributed by atoms with Crippen LogP contribution in [0, 0.1) is 0 Å². The first-order chi connectivity index (χ1) is 14.9. The van der Waals surface area contributed by atoms with Gasteiger partial charge in [-0.05, 0) is 47.3 Å². The SMILES string of the molecule is CCCCO[Si](CCCC)(CCC(S)CCC)Oc1ccc(C(C)(C)C)cc1C(C)(C)C. The Bertz CT molecular complexity index is 662. The van der Waals surface area contributed by atoms with E-state index in [1.54, 1.807) is 0 Å². The number of benzene rings is 1. The highest BCUT2D eigenvalue weighted by molar-refractivity contribution is 7.80. The van der Waals surface area contributed by atoms with Crippen LogP contribution >= 0.6 is 12.6 Å². The molecule has 0 fully saturated rings. The van der Waals surface area contributed by atoms with E-state index in [0.29, 0.717) is 5.25 Å². The fourth-order valence-electron chi connectivity index (χ4n) is 3.99. The molecular formula is C28H52O2SSi. The molecule has 1 rings (SSSR count). The van der Waals surface area contributed by atoms with Crippen molar-refractivity contribution in [3.63, 3.8) is 0 Å². The zero-order valence-corrected chi connectivity index (χ0v) is 24.5. The van der Waals surface area contributed by atoms with Crippen molar-refractivity contribution in [2.45, 2.75) is 135 Å². The van der Waals surface area contributed by atoms with Gasteiger partial charge in [-0.15, -0.1) is 0 Å². The van der Waals surface area contributed by atoms with Crippen molar-refractivity contribution < 1.29 is 8.85 Å². The van der Waals surface area contributed by atoms with Crippen molar-refractivity contribution in [2.24, 2.45) is 0 Å². The summed E-state index contributed by atoms with van der Waals surface area (Å²) in [6.45, 7) is 21.3. The summed E-state index contributed by atoms with van der Waals surface area (Å²) in [7, 11) is -2.41. The van der Waals surface area contributed by atoms with Crippen LogP contribution < -0.4 is 4.43 Å². The van der Waals surface area contributed by atoms with Gasteiger partial charge in [0.1, 0.15) is 5.75 Å². The molecule has 0 aliphatic carbocycles. The third-order valence-corrected chi connectivity index (χ3v) is 10.2. The van der Waals surface area contributed by atoms with Gasteiger partial charge in [0.15, 0.2) is 0 Å². The summed E-state index contributed by atoms with van der Waals surface area (Å²) in [4.78, 5) is 0. The summed E-state index contributed by atoms with van der Waals surface area (Å²) in [5.41, 5.74) is 2.79. The Hall–Kier alpha value is -0.453. The van der Waals surface area contributed by atoms with Gasteiger partial charge in [0.25, 0.3) is 0 Å². The van der Waals surface area contributed by atoms with Gasteiger partial charge in [0, 0.05) is 23.9 Å². The highest BCUT2D eigenvalue weighted by Gasteiger charge is 2.40. The summed E-state index contributed by atoms with van der Waals surface area (Å²) in [5, 5.41) is 0.428. The Morgan fingerprint density at radius 1 is 0.844 bits per heavy atom. The van der Waals surface area contributed by atoms with Gasteiger partial charge in [-0.1, -0.05) is 100 Å². The molecule has 4 heteroatoms. The third-order valence-electron chi connectivity index (χ3n) is 6.20. The topological polar surface area (TPSA) is 18.5 Å². The molecule has 0 spiro atoms. The summed E-state index contributed by atoms with van der Waals surface area (Å²) in [6, 6.07) is 8.94. The van der Waals surface area contributed by atoms with Crippen molar-refractivity contribution in [1.82, 2.24) is 0 Å². The molecule has 0 N–H and O–H groups in total. The largest absolute Gasteiger partial charge is 0.520 e. The second-order valence-electron chi connectivity index (χ2n) is 11.5. The minimum Gasteiger partial charge on any atom is -0.520 e. The van der Waals surface area contributed by atoms with Crippen LogP contribution in [0.25, 0.3) is 0 Å². The first kappa shape index (κ1) is 29.6. The molecule has 0 saturated carbocycles. The maximum Gasteiger partial charge on any atom is 0.398 e. The van der Waals surface area contributed by atoms with Gasteiger partial charge in [0.05, 0.1) is 0 Å². The van der Waals surface area contributed by atoms with E-state index in [2.05, 4.69) is 80.5 Å². The quantitative estimate of drug-likeness (QED) is 0.162. The van der Waals surface area contributed by atoms with Crippen LogP contribution in [-0.4, -0.2) is 20.4 Å². The van der Waals surface area contributed by atoms with E-state index in [9.17, 15) is 0 Å². The van der Waals surface area contributed by atoms with Crippen molar-refractivity contribution in [1.29, 1.82) is 0 Å². The second-order valence-corrected chi connectivity index (χ2v) is 15.6. The Kier molecular flexibility index (Phi) is 12.4. The average molecular weight is 481 g/mol. The molecule has 2 atom stereocenters. The summed E-state index contributed by atoms with van der Waals surface area (Å²) in [5.74, 6) is 1.04. The lowest BCUT2D eigenvalue weighted by molar-refractivity contribution is 0.227. The number of hydrogen-bond acceptors (Lipinski definition) is 3. The highest BCUT2D eigenvalue weighted by atomic mass is 32.1. The fraction of sp³-hybridized carbons (Fsp3) is 0.786. The van der Waals surface area contributed by atoms with Gasteiger partial charge in [0.2, 0.25) is 0 Å². The van der Waals surface area contributed by atoms with Gasteiger partial charge >= 0.3 is 8.56 Å². The number of hydrogen-bond donors (Lipinski definition) is 1. The van der Waals surface area contributed by atoms with E-state index in [0.717, 1.165) is 56.5 Å². The molecule has 1 aromatic rings. The highest BCUT2D eigenvalue weighted by Crippen LogP contribution is 2.38. The van der Waals surface area contributed by atoms with Gasteiger partial charge in [-0.25, -0.2) is 0 Å². The fourth-order valence-corrected chi connectivity index (χ4v) is 8.19. The molecule has 186 valence electrons. The number of rotatable bonds is 14. The lowest BCUT2D eigenvalue weighted by Crippen LogP contribution is -2.46. The average Bonchev–Trinajstić information content (AvgIpc) is 2.70. The molecule has 0 radical (unpaired) electrons. The van der Waals surface area contributed by atoms with Crippen molar-refractivity contribution >= 4 is 21.2 Å². The maximum atomic E-state index is 7.09. The van der Waals surface area contributed by atoms with Crippen LogP contribution in [0.2, 0.25) is 12.1 Å². The molecule has 32 heavy (non-hydrogen) atoms. The predicted octanol–water partition coefficient (Wildman–Crippen LogP) is 9.21. The minimum absolute atomic E-state index is 0.0131. The molecule has 2 nitrogen and oxygen atoms in total. The Morgan fingerprint density at radius 3 is 2.03 bits per heavy atom. The zero-order valence-electron chi connectivity index (χ0n) is 22.6.